The van der Waals surface area contributed by atoms with Crippen molar-refractivity contribution < 1.29 is 9.53 Å². The van der Waals surface area contributed by atoms with Crippen LogP contribution in [0.25, 0.3) is 0 Å². The third-order valence-electron chi connectivity index (χ3n) is 2.25. The molecule has 0 aromatic carbocycles. The number of nitrogens with zero attached hydrogens (tertiary/aromatic N) is 1. The summed E-state index contributed by atoms with van der Waals surface area (Å²) in [6.07, 6.45) is 5.10. The van der Waals surface area contributed by atoms with E-state index in [-0.39, 0.29) is 6.09 Å². The van der Waals surface area contributed by atoms with E-state index in [0.717, 1.165) is 45.2 Å². The Hall–Kier alpha value is -0.730. The Balaban J connectivity index is 3.90. The molecule has 0 aliphatic rings. The average molecular weight is 215 g/mol. The van der Waals surface area contributed by atoms with Crippen molar-refractivity contribution in [3.05, 3.63) is 0 Å². The average Bonchev–Trinajstić information content (AvgIpc) is 2.26. The molecule has 0 heterocycles. The van der Waals surface area contributed by atoms with E-state index in [1.165, 1.54) is 0 Å². The minimum Gasteiger partial charge on any atom is -0.449 e. The highest BCUT2D eigenvalue weighted by atomic mass is 16.6. The molecule has 0 spiro atoms. The Morgan fingerprint density at radius 3 is 1.93 bits per heavy atom. The van der Waals surface area contributed by atoms with E-state index in [1.54, 1.807) is 0 Å². The van der Waals surface area contributed by atoms with Gasteiger partial charge in [-0.25, -0.2) is 4.79 Å². The first kappa shape index (κ1) is 14.3. The van der Waals surface area contributed by atoms with Crippen molar-refractivity contribution in [1.29, 1.82) is 0 Å². The Morgan fingerprint density at radius 1 is 1.00 bits per heavy atom. The summed E-state index contributed by atoms with van der Waals surface area (Å²) in [7, 11) is 0. The van der Waals surface area contributed by atoms with Gasteiger partial charge in [-0.05, 0) is 19.3 Å². The number of amides is 1. The maximum absolute atomic E-state index is 11.6. The molecule has 0 aromatic heterocycles. The number of hydrogen-bond acceptors (Lipinski definition) is 2. The summed E-state index contributed by atoms with van der Waals surface area (Å²) < 4.78 is 5.13. The minimum absolute atomic E-state index is 0.140. The smallest absolute Gasteiger partial charge is 0.409 e. The van der Waals surface area contributed by atoms with Gasteiger partial charge in [-0.15, -0.1) is 0 Å². The lowest BCUT2D eigenvalue weighted by Crippen LogP contribution is -2.33. The monoisotopic (exact) mass is 215 g/mol. The van der Waals surface area contributed by atoms with Crippen LogP contribution in [0.2, 0.25) is 0 Å². The van der Waals surface area contributed by atoms with Gasteiger partial charge in [0.2, 0.25) is 0 Å². The minimum atomic E-state index is -0.140. The molecule has 3 nitrogen and oxygen atoms in total. The van der Waals surface area contributed by atoms with Crippen LogP contribution >= 0.6 is 0 Å². The lowest BCUT2D eigenvalue weighted by Gasteiger charge is -2.21. The largest absolute Gasteiger partial charge is 0.449 e. The summed E-state index contributed by atoms with van der Waals surface area (Å²) in [5, 5.41) is 0. The molecule has 0 bridgehead atoms. The second kappa shape index (κ2) is 9.81. The predicted octanol–water partition coefficient (Wildman–Crippen LogP) is 3.44. The van der Waals surface area contributed by atoms with Gasteiger partial charge in [0.15, 0.2) is 0 Å². The van der Waals surface area contributed by atoms with Crippen LogP contribution in [0.4, 0.5) is 4.79 Å². The summed E-state index contributed by atoms with van der Waals surface area (Å²) in [4.78, 5) is 13.5. The molecule has 0 unspecified atom stereocenters. The van der Waals surface area contributed by atoms with Gasteiger partial charge in [-0.2, -0.15) is 0 Å². The summed E-state index contributed by atoms with van der Waals surface area (Å²) in [6.45, 7) is 8.48. The van der Waals surface area contributed by atoms with E-state index in [4.69, 9.17) is 4.74 Å². The Morgan fingerprint density at radius 2 is 1.53 bits per heavy atom. The van der Waals surface area contributed by atoms with Gasteiger partial charge in [0.05, 0.1) is 6.61 Å². The first-order valence-electron chi connectivity index (χ1n) is 6.17. The van der Waals surface area contributed by atoms with Crippen LogP contribution in [0.15, 0.2) is 0 Å². The molecule has 0 N–H and O–H groups in total. The Kier molecular flexibility index (Phi) is 9.33. The molecule has 0 aromatic rings. The standard InChI is InChI=1S/C12H25NO2/c1-4-7-9-13(10-8-5-2)12(14)15-11-6-3/h4-11H2,1-3H3. The predicted molar refractivity (Wildman–Crippen MR) is 63.0 cm³/mol. The number of carbonyl (C=O) groups is 1. The van der Waals surface area contributed by atoms with Crippen LogP contribution < -0.4 is 0 Å². The lowest BCUT2D eigenvalue weighted by atomic mass is 10.3. The van der Waals surface area contributed by atoms with Gasteiger partial charge in [-0.3, -0.25) is 0 Å². The molecular formula is C12H25NO2. The van der Waals surface area contributed by atoms with E-state index in [1.807, 2.05) is 11.8 Å². The molecule has 0 rings (SSSR count). The molecule has 0 radical (unpaired) electrons. The number of unbranched alkanes of at least 4 members (excludes halogenated alkanes) is 2. The molecule has 0 atom stereocenters. The fourth-order valence-corrected chi connectivity index (χ4v) is 1.27. The quantitative estimate of drug-likeness (QED) is 0.620. The molecule has 0 fully saturated rings. The van der Waals surface area contributed by atoms with Crippen LogP contribution in [0, 0.1) is 0 Å². The first-order chi connectivity index (χ1) is 7.26. The van der Waals surface area contributed by atoms with Crippen molar-refractivity contribution >= 4 is 6.09 Å². The summed E-state index contributed by atoms with van der Waals surface area (Å²) >= 11 is 0. The summed E-state index contributed by atoms with van der Waals surface area (Å²) in [5.74, 6) is 0. The number of carbonyl (C=O) groups excluding carboxylic acids is 1. The lowest BCUT2D eigenvalue weighted by molar-refractivity contribution is 0.101. The molecule has 0 aliphatic heterocycles. The second-order valence-electron chi connectivity index (χ2n) is 3.81. The molecular weight excluding hydrogens is 190 g/mol. The van der Waals surface area contributed by atoms with E-state index in [0.29, 0.717) is 6.61 Å². The van der Waals surface area contributed by atoms with Crippen molar-refractivity contribution in [1.82, 2.24) is 4.90 Å². The second-order valence-corrected chi connectivity index (χ2v) is 3.81. The highest BCUT2D eigenvalue weighted by molar-refractivity contribution is 5.67. The van der Waals surface area contributed by atoms with E-state index < -0.39 is 0 Å². The molecule has 3 heteroatoms. The van der Waals surface area contributed by atoms with Crippen LogP contribution in [0.1, 0.15) is 52.9 Å². The number of rotatable bonds is 8. The number of ether oxygens (including phenoxy) is 1. The van der Waals surface area contributed by atoms with Crippen molar-refractivity contribution in [3.63, 3.8) is 0 Å². The fraction of sp³-hybridized carbons (Fsp3) is 0.917. The zero-order valence-corrected chi connectivity index (χ0v) is 10.4. The van der Waals surface area contributed by atoms with Crippen molar-refractivity contribution in [3.8, 4) is 0 Å². The van der Waals surface area contributed by atoms with Gasteiger partial charge < -0.3 is 9.64 Å². The zero-order valence-electron chi connectivity index (χ0n) is 10.4. The van der Waals surface area contributed by atoms with E-state index in [9.17, 15) is 4.79 Å². The Bertz CT molecular complexity index is 152. The third kappa shape index (κ3) is 7.23. The Labute approximate surface area is 93.8 Å². The maximum atomic E-state index is 11.6. The molecule has 90 valence electrons. The van der Waals surface area contributed by atoms with Crippen LogP contribution in [-0.2, 0) is 4.74 Å². The molecule has 0 saturated heterocycles. The molecule has 1 amide bonds. The highest BCUT2D eigenvalue weighted by Gasteiger charge is 2.12. The van der Waals surface area contributed by atoms with Crippen molar-refractivity contribution in [2.75, 3.05) is 19.7 Å². The van der Waals surface area contributed by atoms with Gasteiger partial charge >= 0.3 is 6.09 Å². The van der Waals surface area contributed by atoms with Gasteiger partial charge in [0.1, 0.15) is 0 Å². The van der Waals surface area contributed by atoms with Crippen molar-refractivity contribution in [2.24, 2.45) is 0 Å². The van der Waals surface area contributed by atoms with E-state index >= 15 is 0 Å². The third-order valence-corrected chi connectivity index (χ3v) is 2.25. The normalized spacial score (nSPS) is 10.1. The summed E-state index contributed by atoms with van der Waals surface area (Å²) in [5.41, 5.74) is 0. The maximum Gasteiger partial charge on any atom is 0.409 e. The van der Waals surface area contributed by atoms with E-state index in [2.05, 4.69) is 13.8 Å². The zero-order chi connectivity index (χ0) is 11.5. The molecule has 0 saturated carbocycles. The van der Waals surface area contributed by atoms with Crippen LogP contribution in [-0.4, -0.2) is 30.7 Å². The van der Waals surface area contributed by atoms with Crippen LogP contribution in [0.3, 0.4) is 0 Å². The van der Waals surface area contributed by atoms with Gasteiger partial charge in [0.25, 0.3) is 0 Å². The summed E-state index contributed by atoms with van der Waals surface area (Å²) in [6, 6.07) is 0. The van der Waals surface area contributed by atoms with Crippen molar-refractivity contribution in [2.45, 2.75) is 52.9 Å². The SMILES string of the molecule is CCCCN(CCCC)C(=O)OCCC. The molecule has 0 aliphatic carbocycles. The topological polar surface area (TPSA) is 29.5 Å². The van der Waals surface area contributed by atoms with Gasteiger partial charge in [0, 0.05) is 13.1 Å². The van der Waals surface area contributed by atoms with Crippen LogP contribution in [0.5, 0.6) is 0 Å². The molecule has 15 heavy (non-hydrogen) atoms. The number of hydrogen-bond donors (Lipinski definition) is 0. The van der Waals surface area contributed by atoms with Gasteiger partial charge in [-0.1, -0.05) is 33.6 Å². The first-order valence-corrected chi connectivity index (χ1v) is 6.17. The fourth-order valence-electron chi connectivity index (χ4n) is 1.27. The highest BCUT2D eigenvalue weighted by Crippen LogP contribution is 2.02.